The van der Waals surface area contributed by atoms with Gasteiger partial charge in [0.1, 0.15) is 0 Å². The zero-order chi connectivity index (χ0) is 13.0. The Kier molecular flexibility index (Phi) is 3.95. The van der Waals surface area contributed by atoms with E-state index in [1.807, 2.05) is 48.9 Å². The minimum absolute atomic E-state index is 0.105. The monoisotopic (exact) mass is 257 g/mol. The van der Waals surface area contributed by atoms with E-state index in [4.69, 9.17) is 0 Å². The van der Waals surface area contributed by atoms with Gasteiger partial charge in [0.15, 0.2) is 0 Å². The molecule has 0 unspecified atom stereocenters. The van der Waals surface area contributed by atoms with Crippen molar-refractivity contribution in [3.05, 3.63) is 57.8 Å². The van der Waals surface area contributed by atoms with Crippen molar-refractivity contribution in [1.29, 1.82) is 0 Å². The van der Waals surface area contributed by atoms with Crippen molar-refractivity contribution in [3.63, 3.8) is 0 Å². The van der Waals surface area contributed by atoms with Crippen LogP contribution >= 0.6 is 11.3 Å². The first kappa shape index (κ1) is 12.6. The van der Waals surface area contributed by atoms with Gasteiger partial charge < -0.3 is 5.32 Å². The lowest BCUT2D eigenvalue weighted by Crippen LogP contribution is -2.07. The van der Waals surface area contributed by atoms with Gasteiger partial charge in [-0.3, -0.25) is 4.79 Å². The van der Waals surface area contributed by atoms with Crippen LogP contribution in [-0.4, -0.2) is 5.91 Å². The molecule has 1 aromatic heterocycles. The molecule has 2 rings (SSSR count). The molecule has 2 nitrogen and oxygen atoms in total. The van der Waals surface area contributed by atoms with E-state index in [1.54, 1.807) is 17.4 Å². The van der Waals surface area contributed by atoms with Gasteiger partial charge in [-0.1, -0.05) is 6.07 Å². The van der Waals surface area contributed by atoms with Crippen molar-refractivity contribution in [3.8, 4) is 0 Å². The highest BCUT2D eigenvalue weighted by Gasteiger charge is 1.99. The Morgan fingerprint density at radius 3 is 2.56 bits per heavy atom. The van der Waals surface area contributed by atoms with Gasteiger partial charge in [-0.25, -0.2) is 0 Å². The Labute approximate surface area is 111 Å². The highest BCUT2D eigenvalue weighted by atomic mass is 32.1. The van der Waals surface area contributed by atoms with Gasteiger partial charge in [-0.2, -0.15) is 11.3 Å². The van der Waals surface area contributed by atoms with Gasteiger partial charge >= 0.3 is 0 Å². The first-order valence-electron chi connectivity index (χ1n) is 5.73. The van der Waals surface area contributed by atoms with Crippen LogP contribution in [-0.2, 0) is 4.79 Å². The number of rotatable bonds is 3. The molecule has 0 aliphatic carbocycles. The van der Waals surface area contributed by atoms with Crippen molar-refractivity contribution in [1.82, 2.24) is 0 Å². The Morgan fingerprint density at radius 2 is 1.94 bits per heavy atom. The molecule has 18 heavy (non-hydrogen) atoms. The average molecular weight is 257 g/mol. The van der Waals surface area contributed by atoms with Crippen molar-refractivity contribution in [2.45, 2.75) is 13.8 Å². The van der Waals surface area contributed by atoms with Crippen LogP contribution in [0.3, 0.4) is 0 Å². The number of aryl methyl sites for hydroxylation is 2. The van der Waals surface area contributed by atoms with Gasteiger partial charge in [0.2, 0.25) is 5.91 Å². The molecule has 0 radical (unpaired) electrons. The second-order valence-electron chi connectivity index (χ2n) is 4.26. The summed E-state index contributed by atoms with van der Waals surface area (Å²) in [6.07, 6.45) is 3.37. The molecule has 0 spiro atoms. The zero-order valence-corrected chi connectivity index (χ0v) is 11.3. The summed E-state index contributed by atoms with van der Waals surface area (Å²) in [6, 6.07) is 7.98. The highest BCUT2D eigenvalue weighted by molar-refractivity contribution is 7.08. The SMILES string of the molecule is Cc1cc(C)cc(NC(=O)/C=C/c2ccsc2)c1. The van der Waals surface area contributed by atoms with Crippen LogP contribution in [0.1, 0.15) is 16.7 Å². The number of thiophene rings is 1. The molecule has 0 atom stereocenters. The summed E-state index contributed by atoms with van der Waals surface area (Å²) in [5.74, 6) is -0.105. The molecule has 0 aliphatic heterocycles. The van der Waals surface area contributed by atoms with E-state index in [0.717, 1.165) is 22.4 Å². The number of carbonyl (C=O) groups excluding carboxylic acids is 1. The first-order chi connectivity index (χ1) is 8.63. The minimum Gasteiger partial charge on any atom is -0.322 e. The highest BCUT2D eigenvalue weighted by Crippen LogP contribution is 2.14. The van der Waals surface area contributed by atoms with Crippen molar-refractivity contribution >= 4 is 29.0 Å². The Morgan fingerprint density at radius 1 is 1.22 bits per heavy atom. The molecular weight excluding hydrogens is 242 g/mol. The van der Waals surface area contributed by atoms with Gasteiger partial charge in [0.25, 0.3) is 0 Å². The van der Waals surface area contributed by atoms with E-state index >= 15 is 0 Å². The molecule has 2 aromatic rings. The van der Waals surface area contributed by atoms with Crippen LogP contribution in [0.5, 0.6) is 0 Å². The fourth-order valence-corrected chi connectivity index (χ4v) is 2.40. The van der Waals surface area contributed by atoms with Crippen LogP contribution in [0.15, 0.2) is 41.1 Å². The third-order valence-electron chi connectivity index (χ3n) is 2.46. The lowest BCUT2D eigenvalue weighted by atomic mass is 10.1. The zero-order valence-electron chi connectivity index (χ0n) is 10.4. The third kappa shape index (κ3) is 3.57. The van der Waals surface area contributed by atoms with E-state index < -0.39 is 0 Å². The number of amides is 1. The van der Waals surface area contributed by atoms with E-state index in [2.05, 4.69) is 11.4 Å². The molecule has 1 heterocycles. The number of hydrogen-bond acceptors (Lipinski definition) is 2. The molecule has 92 valence electrons. The predicted molar refractivity (Wildman–Crippen MR) is 77.9 cm³/mol. The molecule has 1 amide bonds. The van der Waals surface area contributed by atoms with Crippen LogP contribution in [0, 0.1) is 13.8 Å². The summed E-state index contributed by atoms with van der Waals surface area (Å²) in [4.78, 5) is 11.7. The number of carbonyl (C=O) groups is 1. The number of hydrogen-bond donors (Lipinski definition) is 1. The normalized spacial score (nSPS) is 10.8. The Bertz CT molecular complexity index is 550. The van der Waals surface area contributed by atoms with Crippen molar-refractivity contribution in [2.24, 2.45) is 0 Å². The van der Waals surface area contributed by atoms with Crippen molar-refractivity contribution in [2.75, 3.05) is 5.32 Å². The second-order valence-corrected chi connectivity index (χ2v) is 5.04. The quantitative estimate of drug-likeness (QED) is 0.827. The molecule has 0 bridgehead atoms. The fourth-order valence-electron chi connectivity index (χ4n) is 1.77. The lowest BCUT2D eigenvalue weighted by molar-refractivity contribution is -0.111. The molecular formula is C15H15NOS. The lowest BCUT2D eigenvalue weighted by Gasteiger charge is -2.05. The maximum atomic E-state index is 11.7. The topological polar surface area (TPSA) is 29.1 Å². The fraction of sp³-hybridized carbons (Fsp3) is 0.133. The largest absolute Gasteiger partial charge is 0.322 e. The summed E-state index contributed by atoms with van der Waals surface area (Å²) in [5.41, 5.74) is 4.18. The van der Waals surface area contributed by atoms with E-state index in [9.17, 15) is 4.79 Å². The maximum absolute atomic E-state index is 11.7. The maximum Gasteiger partial charge on any atom is 0.248 e. The Hall–Kier alpha value is -1.87. The van der Waals surface area contributed by atoms with E-state index in [0.29, 0.717) is 0 Å². The van der Waals surface area contributed by atoms with Crippen LogP contribution in [0.4, 0.5) is 5.69 Å². The summed E-state index contributed by atoms with van der Waals surface area (Å²) >= 11 is 1.62. The molecule has 1 N–H and O–H groups in total. The molecule has 0 fully saturated rings. The number of benzene rings is 1. The average Bonchev–Trinajstić information content (AvgIpc) is 2.77. The summed E-state index contributed by atoms with van der Waals surface area (Å²) < 4.78 is 0. The molecule has 1 aromatic carbocycles. The molecule has 0 aliphatic rings. The van der Waals surface area contributed by atoms with Crippen LogP contribution in [0.25, 0.3) is 6.08 Å². The van der Waals surface area contributed by atoms with E-state index in [1.165, 1.54) is 0 Å². The number of nitrogens with one attached hydrogen (secondary N) is 1. The van der Waals surface area contributed by atoms with Gasteiger partial charge in [-0.05, 0) is 65.6 Å². The Balaban J connectivity index is 2.03. The van der Waals surface area contributed by atoms with Crippen LogP contribution < -0.4 is 5.32 Å². The number of anilines is 1. The van der Waals surface area contributed by atoms with Crippen molar-refractivity contribution < 1.29 is 4.79 Å². The van der Waals surface area contributed by atoms with Gasteiger partial charge in [0, 0.05) is 11.8 Å². The standard InChI is InChI=1S/C15H15NOS/c1-11-7-12(2)9-14(8-11)16-15(17)4-3-13-5-6-18-10-13/h3-10H,1-2H3,(H,16,17)/b4-3+. The molecule has 0 saturated carbocycles. The smallest absolute Gasteiger partial charge is 0.248 e. The second kappa shape index (κ2) is 5.65. The predicted octanol–water partition coefficient (Wildman–Crippen LogP) is 4.02. The minimum atomic E-state index is -0.105. The third-order valence-corrected chi connectivity index (χ3v) is 3.16. The van der Waals surface area contributed by atoms with E-state index in [-0.39, 0.29) is 5.91 Å². The van der Waals surface area contributed by atoms with Crippen LogP contribution in [0.2, 0.25) is 0 Å². The summed E-state index contributed by atoms with van der Waals surface area (Å²) in [6.45, 7) is 4.04. The molecule has 0 saturated heterocycles. The van der Waals surface area contributed by atoms with Gasteiger partial charge in [-0.15, -0.1) is 0 Å². The first-order valence-corrected chi connectivity index (χ1v) is 6.67. The molecule has 3 heteroatoms. The van der Waals surface area contributed by atoms with Gasteiger partial charge in [0.05, 0.1) is 0 Å². The summed E-state index contributed by atoms with van der Waals surface area (Å²) in [7, 11) is 0. The summed E-state index contributed by atoms with van der Waals surface area (Å²) in [5, 5.41) is 6.85.